The SMILES string of the molecule is O=C(c1cc2sccc2n1C1CCCC1)N1CCN(c2ncccn2)CC1. The molecule has 0 unspecified atom stereocenters. The van der Waals surface area contributed by atoms with E-state index in [1.807, 2.05) is 11.0 Å². The van der Waals surface area contributed by atoms with Gasteiger partial charge in [-0.15, -0.1) is 11.3 Å². The van der Waals surface area contributed by atoms with Crippen LogP contribution in [-0.4, -0.2) is 51.5 Å². The highest BCUT2D eigenvalue weighted by atomic mass is 32.1. The molecule has 1 saturated carbocycles. The van der Waals surface area contributed by atoms with E-state index in [2.05, 4.69) is 36.9 Å². The van der Waals surface area contributed by atoms with Crippen LogP contribution in [0, 0.1) is 0 Å². The van der Waals surface area contributed by atoms with Crippen LogP contribution in [0.2, 0.25) is 0 Å². The summed E-state index contributed by atoms with van der Waals surface area (Å²) in [5.74, 6) is 0.915. The van der Waals surface area contributed by atoms with Gasteiger partial charge in [-0.2, -0.15) is 0 Å². The minimum atomic E-state index is 0.166. The second-order valence-corrected chi connectivity index (χ2v) is 8.28. The van der Waals surface area contributed by atoms with Crippen LogP contribution in [-0.2, 0) is 0 Å². The molecule has 1 aliphatic carbocycles. The molecule has 27 heavy (non-hydrogen) atoms. The van der Waals surface area contributed by atoms with Crippen LogP contribution in [0.15, 0.2) is 36.0 Å². The summed E-state index contributed by atoms with van der Waals surface area (Å²) in [5, 5.41) is 2.13. The maximum Gasteiger partial charge on any atom is 0.270 e. The van der Waals surface area contributed by atoms with Gasteiger partial charge in [-0.25, -0.2) is 9.97 Å². The molecule has 0 spiro atoms. The molecule has 1 aliphatic heterocycles. The van der Waals surface area contributed by atoms with Gasteiger partial charge in [-0.05, 0) is 36.4 Å². The van der Waals surface area contributed by atoms with Gasteiger partial charge in [-0.1, -0.05) is 12.8 Å². The molecular weight excluding hydrogens is 358 g/mol. The van der Waals surface area contributed by atoms with Crippen molar-refractivity contribution in [3.05, 3.63) is 41.7 Å². The monoisotopic (exact) mass is 381 g/mol. The summed E-state index contributed by atoms with van der Waals surface area (Å²) in [4.78, 5) is 26.1. The number of thiophene rings is 1. The van der Waals surface area contributed by atoms with Crippen LogP contribution in [0.5, 0.6) is 0 Å². The van der Waals surface area contributed by atoms with E-state index < -0.39 is 0 Å². The molecule has 6 nitrogen and oxygen atoms in total. The number of nitrogens with zero attached hydrogens (tertiary/aromatic N) is 5. The molecule has 140 valence electrons. The van der Waals surface area contributed by atoms with Crippen molar-refractivity contribution in [2.75, 3.05) is 31.1 Å². The molecule has 2 fully saturated rings. The van der Waals surface area contributed by atoms with Gasteiger partial charge in [0.15, 0.2) is 0 Å². The first kappa shape index (κ1) is 16.7. The Morgan fingerprint density at radius 1 is 1.07 bits per heavy atom. The first-order chi connectivity index (χ1) is 13.3. The summed E-state index contributed by atoms with van der Waals surface area (Å²) in [5.41, 5.74) is 2.10. The molecule has 0 bridgehead atoms. The lowest BCUT2D eigenvalue weighted by molar-refractivity contribution is 0.0733. The number of aromatic nitrogens is 3. The number of hydrogen-bond donors (Lipinski definition) is 0. The normalized spacial score (nSPS) is 18.5. The Bertz CT molecular complexity index is 936. The van der Waals surface area contributed by atoms with E-state index in [-0.39, 0.29) is 5.91 Å². The highest BCUT2D eigenvalue weighted by Crippen LogP contribution is 2.37. The predicted octanol–water partition coefficient (Wildman–Crippen LogP) is 3.57. The topological polar surface area (TPSA) is 54.3 Å². The Hall–Kier alpha value is -2.41. The standard InChI is InChI=1S/C20H23N5OS/c26-19(23-9-11-24(12-10-23)20-21-7-3-8-22-20)17-14-18-16(6-13-27-18)25(17)15-4-1-2-5-15/h3,6-8,13-15H,1-2,4-5,9-12H2. The lowest BCUT2D eigenvalue weighted by atomic mass is 10.2. The summed E-state index contributed by atoms with van der Waals surface area (Å²) < 4.78 is 3.55. The predicted molar refractivity (Wildman–Crippen MR) is 107 cm³/mol. The zero-order chi connectivity index (χ0) is 18.2. The van der Waals surface area contributed by atoms with Crippen molar-refractivity contribution in [2.45, 2.75) is 31.7 Å². The molecule has 3 aromatic rings. The molecular formula is C20H23N5OS. The highest BCUT2D eigenvalue weighted by molar-refractivity contribution is 7.17. The van der Waals surface area contributed by atoms with Crippen molar-refractivity contribution < 1.29 is 4.79 Å². The lowest BCUT2D eigenvalue weighted by Gasteiger charge is -2.35. The summed E-state index contributed by atoms with van der Waals surface area (Å²) in [6, 6.07) is 6.56. The Balaban J connectivity index is 1.37. The van der Waals surface area contributed by atoms with Gasteiger partial charge in [-0.3, -0.25) is 4.79 Å². The Morgan fingerprint density at radius 3 is 2.56 bits per heavy atom. The summed E-state index contributed by atoms with van der Waals surface area (Å²) in [7, 11) is 0. The first-order valence-corrected chi connectivity index (χ1v) is 10.6. The van der Waals surface area contributed by atoms with Gasteiger partial charge >= 0.3 is 0 Å². The molecule has 5 rings (SSSR count). The maximum atomic E-state index is 13.3. The average molecular weight is 382 g/mol. The van der Waals surface area contributed by atoms with E-state index in [0.29, 0.717) is 19.1 Å². The molecule has 7 heteroatoms. The molecule has 1 amide bonds. The maximum absolute atomic E-state index is 13.3. The van der Waals surface area contributed by atoms with Crippen LogP contribution in [0.1, 0.15) is 42.2 Å². The molecule has 0 radical (unpaired) electrons. The van der Waals surface area contributed by atoms with E-state index in [4.69, 9.17) is 0 Å². The van der Waals surface area contributed by atoms with E-state index in [0.717, 1.165) is 24.7 Å². The van der Waals surface area contributed by atoms with Gasteiger partial charge in [0.1, 0.15) is 5.69 Å². The van der Waals surface area contributed by atoms with E-state index in [1.165, 1.54) is 35.9 Å². The number of hydrogen-bond acceptors (Lipinski definition) is 5. The zero-order valence-corrected chi connectivity index (χ0v) is 16.1. The van der Waals surface area contributed by atoms with E-state index >= 15 is 0 Å². The number of amides is 1. The summed E-state index contributed by atoms with van der Waals surface area (Å²) >= 11 is 1.73. The second-order valence-electron chi connectivity index (χ2n) is 7.34. The van der Waals surface area contributed by atoms with Gasteiger partial charge in [0, 0.05) is 44.6 Å². The third-order valence-electron chi connectivity index (χ3n) is 5.77. The fraction of sp³-hybridized carbons (Fsp3) is 0.450. The van der Waals surface area contributed by atoms with Crippen molar-refractivity contribution in [3.63, 3.8) is 0 Å². The molecule has 4 heterocycles. The van der Waals surface area contributed by atoms with Gasteiger partial charge in [0.25, 0.3) is 5.91 Å². The second kappa shape index (κ2) is 6.96. The minimum Gasteiger partial charge on any atom is -0.337 e. The van der Waals surface area contributed by atoms with Gasteiger partial charge in [0.05, 0.1) is 10.2 Å². The largest absolute Gasteiger partial charge is 0.337 e. The Kier molecular flexibility index (Phi) is 4.32. The molecule has 1 saturated heterocycles. The van der Waals surface area contributed by atoms with Crippen molar-refractivity contribution in [3.8, 4) is 0 Å². The Morgan fingerprint density at radius 2 is 1.81 bits per heavy atom. The number of rotatable bonds is 3. The zero-order valence-electron chi connectivity index (χ0n) is 15.3. The number of carbonyl (C=O) groups excluding carboxylic acids is 1. The van der Waals surface area contributed by atoms with E-state index in [1.54, 1.807) is 23.7 Å². The summed E-state index contributed by atoms with van der Waals surface area (Å²) in [6.45, 7) is 2.96. The van der Waals surface area contributed by atoms with Crippen LogP contribution < -0.4 is 4.90 Å². The molecule has 3 aromatic heterocycles. The van der Waals surface area contributed by atoms with Crippen LogP contribution in [0.25, 0.3) is 10.2 Å². The van der Waals surface area contributed by atoms with Crippen molar-refractivity contribution in [2.24, 2.45) is 0 Å². The fourth-order valence-electron chi connectivity index (χ4n) is 4.39. The van der Waals surface area contributed by atoms with Crippen LogP contribution in [0.3, 0.4) is 0 Å². The fourth-order valence-corrected chi connectivity index (χ4v) is 5.20. The number of anilines is 1. The van der Waals surface area contributed by atoms with Crippen molar-refractivity contribution in [1.82, 2.24) is 19.4 Å². The van der Waals surface area contributed by atoms with Crippen LogP contribution >= 0.6 is 11.3 Å². The minimum absolute atomic E-state index is 0.166. The molecule has 0 N–H and O–H groups in total. The van der Waals surface area contributed by atoms with Crippen molar-refractivity contribution in [1.29, 1.82) is 0 Å². The van der Waals surface area contributed by atoms with Crippen molar-refractivity contribution >= 4 is 33.4 Å². The third kappa shape index (κ3) is 3.00. The Labute approximate surface area is 162 Å². The molecule has 2 aliphatic rings. The van der Waals surface area contributed by atoms with E-state index in [9.17, 15) is 4.79 Å². The third-order valence-corrected chi connectivity index (χ3v) is 6.62. The summed E-state index contributed by atoms with van der Waals surface area (Å²) in [6.07, 6.45) is 8.41. The smallest absolute Gasteiger partial charge is 0.270 e. The van der Waals surface area contributed by atoms with Crippen LogP contribution in [0.4, 0.5) is 5.95 Å². The first-order valence-electron chi connectivity index (χ1n) is 9.71. The lowest BCUT2D eigenvalue weighted by Crippen LogP contribution is -2.49. The van der Waals surface area contributed by atoms with Gasteiger partial charge < -0.3 is 14.4 Å². The van der Waals surface area contributed by atoms with Gasteiger partial charge in [0.2, 0.25) is 5.95 Å². The number of fused-ring (bicyclic) bond motifs is 1. The average Bonchev–Trinajstić information content (AvgIpc) is 3.45. The number of piperazine rings is 1. The molecule has 0 aromatic carbocycles. The quantitative estimate of drug-likeness (QED) is 0.696. The number of carbonyl (C=O) groups is 1. The highest BCUT2D eigenvalue weighted by Gasteiger charge is 2.29. The molecule has 0 atom stereocenters.